The number of hydrogen-bond acceptors (Lipinski definition) is 3. The molecule has 4 heteroatoms. The van der Waals surface area contributed by atoms with Gasteiger partial charge in [-0.25, -0.2) is 0 Å². The minimum atomic E-state index is -0.935. The molecule has 2 atom stereocenters. The van der Waals surface area contributed by atoms with Gasteiger partial charge in [-0.2, -0.15) is 5.26 Å². The van der Waals surface area contributed by atoms with Crippen LogP contribution < -0.4 is 5.32 Å². The molecule has 4 nitrogen and oxygen atoms in total. The maximum Gasteiger partial charge on any atom is 0.240 e. The maximum atomic E-state index is 11.8. The zero-order chi connectivity index (χ0) is 13.3. The zero-order valence-electron chi connectivity index (χ0n) is 11.1. The molecule has 0 aliphatic carbocycles. The van der Waals surface area contributed by atoms with Crippen molar-refractivity contribution in [2.45, 2.75) is 46.5 Å². The largest absolute Gasteiger partial charge is 0.396 e. The van der Waals surface area contributed by atoms with Gasteiger partial charge in [-0.05, 0) is 32.1 Å². The summed E-state index contributed by atoms with van der Waals surface area (Å²) in [6.45, 7) is 6.26. The molecule has 2 unspecified atom stereocenters. The maximum absolute atomic E-state index is 11.8. The third-order valence-corrected chi connectivity index (χ3v) is 3.24. The normalized spacial score (nSPS) is 15.7. The van der Waals surface area contributed by atoms with E-state index in [1.807, 2.05) is 6.92 Å². The van der Waals surface area contributed by atoms with Gasteiger partial charge in [0, 0.05) is 13.2 Å². The highest BCUT2D eigenvalue weighted by Crippen LogP contribution is 2.20. The Labute approximate surface area is 104 Å². The molecule has 17 heavy (non-hydrogen) atoms. The van der Waals surface area contributed by atoms with E-state index in [1.165, 1.54) is 0 Å². The molecular formula is C13H24N2O2. The van der Waals surface area contributed by atoms with Crippen LogP contribution in [-0.2, 0) is 4.79 Å². The molecule has 0 bridgehead atoms. The monoisotopic (exact) mass is 240 g/mol. The van der Waals surface area contributed by atoms with E-state index < -0.39 is 5.41 Å². The number of amides is 1. The fourth-order valence-electron chi connectivity index (χ4n) is 1.66. The second-order valence-electron chi connectivity index (χ2n) is 4.67. The van der Waals surface area contributed by atoms with Crippen molar-refractivity contribution >= 4 is 5.91 Å². The number of carbonyl (C=O) groups excluding carboxylic acids is 1. The average molecular weight is 240 g/mol. The lowest BCUT2D eigenvalue weighted by molar-refractivity contribution is -0.127. The molecule has 0 aliphatic rings. The zero-order valence-corrected chi connectivity index (χ0v) is 11.1. The van der Waals surface area contributed by atoms with E-state index in [2.05, 4.69) is 18.3 Å². The van der Waals surface area contributed by atoms with Crippen LogP contribution in [0.4, 0.5) is 0 Å². The lowest BCUT2D eigenvalue weighted by Gasteiger charge is -2.21. The Hall–Kier alpha value is -1.08. The lowest BCUT2D eigenvalue weighted by Crippen LogP contribution is -2.40. The third-order valence-electron chi connectivity index (χ3n) is 3.24. The van der Waals surface area contributed by atoms with Crippen LogP contribution in [0.3, 0.4) is 0 Å². The standard InChI is InChI=1S/C13H24N2O2/c1-4-6-11(7-8-16)9-15-12(17)13(3,5-2)10-14/h11,16H,4-9H2,1-3H3,(H,15,17). The Bertz CT molecular complexity index is 267. The van der Waals surface area contributed by atoms with Gasteiger partial charge in [0.25, 0.3) is 0 Å². The molecule has 0 aromatic rings. The van der Waals surface area contributed by atoms with Crippen LogP contribution in [0.25, 0.3) is 0 Å². The van der Waals surface area contributed by atoms with Crippen molar-refractivity contribution in [3.8, 4) is 6.07 Å². The summed E-state index contributed by atoms with van der Waals surface area (Å²) in [5, 5.41) is 20.7. The van der Waals surface area contributed by atoms with E-state index in [0.29, 0.717) is 25.3 Å². The highest BCUT2D eigenvalue weighted by molar-refractivity contribution is 5.84. The Morgan fingerprint density at radius 3 is 2.53 bits per heavy atom. The van der Waals surface area contributed by atoms with E-state index in [9.17, 15) is 4.79 Å². The summed E-state index contributed by atoms with van der Waals surface area (Å²) >= 11 is 0. The van der Waals surface area contributed by atoms with E-state index in [-0.39, 0.29) is 12.5 Å². The first-order valence-corrected chi connectivity index (χ1v) is 6.34. The molecular weight excluding hydrogens is 216 g/mol. The summed E-state index contributed by atoms with van der Waals surface area (Å²) in [6, 6.07) is 2.05. The summed E-state index contributed by atoms with van der Waals surface area (Å²) in [5.41, 5.74) is -0.935. The lowest BCUT2D eigenvalue weighted by atomic mass is 9.88. The topological polar surface area (TPSA) is 73.1 Å². The highest BCUT2D eigenvalue weighted by Gasteiger charge is 2.31. The molecule has 0 spiro atoms. The highest BCUT2D eigenvalue weighted by atomic mass is 16.3. The van der Waals surface area contributed by atoms with Crippen molar-refractivity contribution in [3.63, 3.8) is 0 Å². The van der Waals surface area contributed by atoms with E-state index in [0.717, 1.165) is 12.8 Å². The van der Waals surface area contributed by atoms with Gasteiger partial charge in [-0.15, -0.1) is 0 Å². The molecule has 0 aromatic heterocycles. The number of nitrogens with zero attached hydrogens (tertiary/aromatic N) is 1. The number of carbonyl (C=O) groups is 1. The predicted octanol–water partition coefficient (Wildman–Crippen LogP) is 1.84. The quantitative estimate of drug-likeness (QED) is 0.680. The third kappa shape index (κ3) is 5.18. The fraction of sp³-hybridized carbons (Fsp3) is 0.846. The number of aliphatic hydroxyl groups excluding tert-OH is 1. The van der Waals surface area contributed by atoms with Gasteiger partial charge in [-0.3, -0.25) is 4.79 Å². The molecule has 0 aromatic carbocycles. The first-order valence-electron chi connectivity index (χ1n) is 6.34. The van der Waals surface area contributed by atoms with Gasteiger partial charge >= 0.3 is 0 Å². The fourth-order valence-corrected chi connectivity index (χ4v) is 1.66. The molecule has 2 N–H and O–H groups in total. The van der Waals surface area contributed by atoms with E-state index in [1.54, 1.807) is 6.92 Å². The molecule has 0 aliphatic heterocycles. The first kappa shape index (κ1) is 15.9. The van der Waals surface area contributed by atoms with Crippen molar-refractivity contribution in [1.29, 1.82) is 5.26 Å². The van der Waals surface area contributed by atoms with Crippen molar-refractivity contribution in [2.24, 2.45) is 11.3 Å². The van der Waals surface area contributed by atoms with Gasteiger partial charge in [0.05, 0.1) is 6.07 Å². The van der Waals surface area contributed by atoms with Crippen molar-refractivity contribution in [1.82, 2.24) is 5.32 Å². The average Bonchev–Trinajstić information content (AvgIpc) is 2.35. The van der Waals surface area contributed by atoms with Crippen LogP contribution in [0.2, 0.25) is 0 Å². The molecule has 98 valence electrons. The summed E-state index contributed by atoms with van der Waals surface area (Å²) in [4.78, 5) is 11.8. The Balaban J connectivity index is 4.25. The summed E-state index contributed by atoms with van der Waals surface area (Å²) in [7, 11) is 0. The van der Waals surface area contributed by atoms with Gasteiger partial charge < -0.3 is 10.4 Å². The number of rotatable bonds is 8. The SMILES string of the molecule is CCCC(CCO)CNC(=O)C(C)(C#N)CC. The molecule has 1 amide bonds. The summed E-state index contributed by atoms with van der Waals surface area (Å²) in [6.07, 6.45) is 3.22. The Morgan fingerprint density at radius 1 is 1.47 bits per heavy atom. The Kier molecular flexibility index (Phi) is 7.56. The molecule has 0 fully saturated rings. The van der Waals surface area contributed by atoms with Crippen molar-refractivity contribution in [2.75, 3.05) is 13.2 Å². The Morgan fingerprint density at radius 2 is 2.12 bits per heavy atom. The van der Waals surface area contributed by atoms with Gasteiger partial charge in [0.1, 0.15) is 5.41 Å². The van der Waals surface area contributed by atoms with Gasteiger partial charge in [-0.1, -0.05) is 20.3 Å². The van der Waals surface area contributed by atoms with E-state index >= 15 is 0 Å². The van der Waals surface area contributed by atoms with E-state index in [4.69, 9.17) is 10.4 Å². The summed E-state index contributed by atoms with van der Waals surface area (Å²) < 4.78 is 0. The van der Waals surface area contributed by atoms with Gasteiger partial charge in [0.2, 0.25) is 5.91 Å². The second-order valence-corrected chi connectivity index (χ2v) is 4.67. The first-order chi connectivity index (χ1) is 8.03. The molecule has 0 heterocycles. The smallest absolute Gasteiger partial charge is 0.240 e. The minimum absolute atomic E-state index is 0.143. The number of hydrogen-bond donors (Lipinski definition) is 2. The molecule has 0 saturated carbocycles. The van der Waals surface area contributed by atoms with Crippen molar-refractivity contribution < 1.29 is 9.90 Å². The predicted molar refractivity (Wildman–Crippen MR) is 67.1 cm³/mol. The van der Waals surface area contributed by atoms with Crippen molar-refractivity contribution in [3.05, 3.63) is 0 Å². The van der Waals surface area contributed by atoms with Crippen LogP contribution in [0.1, 0.15) is 46.5 Å². The number of nitrogens with one attached hydrogen (secondary N) is 1. The second kappa shape index (κ2) is 8.08. The van der Waals surface area contributed by atoms with Crippen LogP contribution in [0.15, 0.2) is 0 Å². The summed E-state index contributed by atoms with van der Waals surface area (Å²) in [5.74, 6) is 0.0929. The molecule has 0 rings (SSSR count). The van der Waals surface area contributed by atoms with Gasteiger partial charge in [0.15, 0.2) is 0 Å². The molecule has 0 radical (unpaired) electrons. The minimum Gasteiger partial charge on any atom is -0.396 e. The van der Waals surface area contributed by atoms with Crippen LogP contribution in [0.5, 0.6) is 0 Å². The number of aliphatic hydroxyl groups is 1. The van der Waals surface area contributed by atoms with Crippen LogP contribution in [-0.4, -0.2) is 24.2 Å². The van der Waals surface area contributed by atoms with Crippen LogP contribution >= 0.6 is 0 Å². The van der Waals surface area contributed by atoms with Crippen LogP contribution in [0, 0.1) is 22.7 Å². The number of nitriles is 1. The molecule has 0 saturated heterocycles.